The second kappa shape index (κ2) is 9.71. The van der Waals surface area contributed by atoms with Gasteiger partial charge in [0.25, 0.3) is 0 Å². The molecule has 1 aliphatic rings. The van der Waals surface area contributed by atoms with E-state index in [0.717, 1.165) is 25.1 Å². The third-order valence-electron chi connectivity index (χ3n) is 4.98. The third kappa shape index (κ3) is 5.83. The molecule has 0 atom stereocenters. The second-order valence-corrected chi connectivity index (χ2v) is 6.87. The minimum atomic E-state index is -2.84. The van der Waals surface area contributed by atoms with E-state index in [1.165, 1.54) is 19.3 Å². The highest BCUT2D eigenvalue weighted by molar-refractivity contribution is 5.79. The van der Waals surface area contributed by atoms with Gasteiger partial charge in [0.05, 0.1) is 0 Å². The summed E-state index contributed by atoms with van der Waals surface area (Å²) in [5, 5.41) is 6.55. The van der Waals surface area contributed by atoms with Gasteiger partial charge in [-0.2, -0.15) is 8.78 Å². The minimum Gasteiger partial charge on any atom is -0.434 e. The molecule has 0 aliphatic heterocycles. The fourth-order valence-corrected chi connectivity index (χ4v) is 3.24. The van der Waals surface area contributed by atoms with Gasteiger partial charge in [-0.15, -0.1) is 0 Å². The number of halogens is 2. The maximum Gasteiger partial charge on any atom is 0.387 e. The van der Waals surface area contributed by atoms with Crippen molar-refractivity contribution in [2.24, 2.45) is 10.4 Å². The van der Waals surface area contributed by atoms with Crippen molar-refractivity contribution in [1.82, 2.24) is 10.6 Å². The van der Waals surface area contributed by atoms with Gasteiger partial charge in [-0.1, -0.05) is 24.1 Å². The third-order valence-corrected chi connectivity index (χ3v) is 4.98. The summed E-state index contributed by atoms with van der Waals surface area (Å²) in [6.07, 6.45) is 4.64. The first-order valence-electron chi connectivity index (χ1n) is 8.96. The first kappa shape index (κ1) is 20.4. The molecule has 0 heterocycles. The summed E-state index contributed by atoms with van der Waals surface area (Å²) in [6.45, 7) is 1.01. The number of rotatable bonds is 9. The Morgan fingerprint density at radius 3 is 2.65 bits per heavy atom. The zero-order valence-electron chi connectivity index (χ0n) is 15.8. The Kier molecular flexibility index (Phi) is 7.63. The topological polar surface area (TPSA) is 54.9 Å². The van der Waals surface area contributed by atoms with Crippen LogP contribution in [0.2, 0.25) is 0 Å². The Hall–Kier alpha value is -1.89. The molecule has 5 nitrogen and oxygen atoms in total. The summed E-state index contributed by atoms with van der Waals surface area (Å²) < 4.78 is 35.0. The predicted molar refractivity (Wildman–Crippen MR) is 98.8 cm³/mol. The van der Waals surface area contributed by atoms with Gasteiger partial charge >= 0.3 is 6.61 Å². The maximum absolute atomic E-state index is 12.6. The lowest BCUT2D eigenvalue weighted by Crippen LogP contribution is -2.46. The predicted octanol–water partition coefficient (Wildman–Crippen LogP) is 3.47. The molecule has 0 bridgehead atoms. The van der Waals surface area contributed by atoms with Gasteiger partial charge in [0, 0.05) is 39.4 Å². The van der Waals surface area contributed by atoms with Gasteiger partial charge < -0.3 is 20.1 Å². The van der Waals surface area contributed by atoms with Crippen LogP contribution in [0.3, 0.4) is 0 Å². The summed E-state index contributed by atoms with van der Waals surface area (Å²) in [5.74, 6) is 0.835. The van der Waals surface area contributed by atoms with Crippen molar-refractivity contribution in [2.75, 3.05) is 27.3 Å². The number of methoxy groups -OCH3 is 1. The van der Waals surface area contributed by atoms with Gasteiger partial charge in [0.15, 0.2) is 5.96 Å². The van der Waals surface area contributed by atoms with E-state index >= 15 is 0 Å². The molecule has 0 radical (unpaired) electrons. The van der Waals surface area contributed by atoms with Crippen LogP contribution in [0, 0.1) is 12.3 Å². The summed E-state index contributed by atoms with van der Waals surface area (Å²) in [5.41, 5.74) is 1.92. The zero-order valence-corrected chi connectivity index (χ0v) is 15.8. The standard InChI is InChI=1S/C19H29F2N3O2/c1-14-5-6-16(26-17(20)21)15(11-14)12-23-18(22-2)24-13-19(7-4-8-19)9-10-25-3/h5-6,11,17H,4,7-10,12-13H2,1-3H3,(H2,22,23,24). The average Bonchev–Trinajstić information content (AvgIpc) is 2.57. The lowest BCUT2D eigenvalue weighted by Gasteiger charge is -2.42. The van der Waals surface area contributed by atoms with E-state index in [2.05, 4.69) is 20.4 Å². The number of nitrogens with one attached hydrogen (secondary N) is 2. The number of benzene rings is 1. The molecule has 1 aliphatic carbocycles. The molecule has 1 saturated carbocycles. The number of aryl methyl sites for hydroxylation is 1. The molecular weight excluding hydrogens is 340 g/mol. The van der Waals surface area contributed by atoms with Gasteiger partial charge in [0.1, 0.15) is 5.75 Å². The van der Waals surface area contributed by atoms with Gasteiger partial charge in [-0.3, -0.25) is 4.99 Å². The number of aliphatic imine (C=N–C) groups is 1. The fraction of sp³-hybridized carbons (Fsp3) is 0.632. The van der Waals surface area contributed by atoms with Crippen LogP contribution in [-0.4, -0.2) is 39.9 Å². The lowest BCUT2D eigenvalue weighted by molar-refractivity contribution is -0.0504. The van der Waals surface area contributed by atoms with Crippen LogP contribution < -0.4 is 15.4 Å². The van der Waals surface area contributed by atoms with Gasteiger partial charge in [-0.05, 0) is 37.7 Å². The molecule has 0 spiro atoms. The SMILES string of the molecule is CN=C(NCc1cc(C)ccc1OC(F)F)NCC1(CCOC)CCC1. The quantitative estimate of drug-likeness (QED) is 0.517. The summed E-state index contributed by atoms with van der Waals surface area (Å²) in [4.78, 5) is 4.23. The van der Waals surface area contributed by atoms with Crippen LogP contribution in [0.5, 0.6) is 5.75 Å². The molecule has 0 amide bonds. The summed E-state index contributed by atoms with van der Waals surface area (Å²) in [7, 11) is 3.42. The minimum absolute atomic E-state index is 0.184. The van der Waals surface area contributed by atoms with E-state index in [9.17, 15) is 8.78 Å². The Balaban J connectivity index is 1.92. The van der Waals surface area contributed by atoms with E-state index in [1.807, 2.05) is 13.0 Å². The van der Waals surface area contributed by atoms with Crippen molar-refractivity contribution in [3.63, 3.8) is 0 Å². The van der Waals surface area contributed by atoms with Crippen LogP contribution >= 0.6 is 0 Å². The highest BCUT2D eigenvalue weighted by Gasteiger charge is 2.36. The first-order valence-corrected chi connectivity index (χ1v) is 8.96. The number of hydrogen-bond donors (Lipinski definition) is 2. The smallest absolute Gasteiger partial charge is 0.387 e. The molecule has 146 valence electrons. The Morgan fingerprint density at radius 2 is 2.08 bits per heavy atom. The average molecular weight is 369 g/mol. The number of hydrogen-bond acceptors (Lipinski definition) is 3. The number of ether oxygens (including phenoxy) is 2. The highest BCUT2D eigenvalue weighted by atomic mass is 19.3. The number of nitrogens with zero attached hydrogens (tertiary/aromatic N) is 1. The van der Waals surface area contributed by atoms with Crippen LogP contribution in [0.25, 0.3) is 0 Å². The van der Waals surface area contributed by atoms with Crippen molar-refractivity contribution in [3.8, 4) is 5.75 Å². The molecular formula is C19H29F2N3O2. The molecule has 1 fully saturated rings. The molecule has 0 unspecified atom stereocenters. The van der Waals surface area contributed by atoms with E-state index in [0.29, 0.717) is 18.1 Å². The molecule has 1 aromatic rings. The molecule has 26 heavy (non-hydrogen) atoms. The molecule has 2 rings (SSSR count). The molecule has 1 aromatic carbocycles. The van der Waals surface area contributed by atoms with Crippen LogP contribution in [0.4, 0.5) is 8.78 Å². The highest BCUT2D eigenvalue weighted by Crippen LogP contribution is 2.43. The summed E-state index contributed by atoms with van der Waals surface area (Å²) in [6, 6.07) is 5.16. The maximum atomic E-state index is 12.6. The van der Waals surface area contributed by atoms with Crippen molar-refractivity contribution in [3.05, 3.63) is 29.3 Å². The number of guanidine groups is 1. The Labute approximate surface area is 154 Å². The van der Waals surface area contributed by atoms with Crippen LogP contribution in [0.15, 0.2) is 23.2 Å². The van der Waals surface area contributed by atoms with E-state index in [4.69, 9.17) is 4.74 Å². The van der Waals surface area contributed by atoms with Crippen molar-refractivity contribution >= 4 is 5.96 Å². The summed E-state index contributed by atoms with van der Waals surface area (Å²) >= 11 is 0. The van der Waals surface area contributed by atoms with Gasteiger partial charge in [0.2, 0.25) is 0 Å². The van der Waals surface area contributed by atoms with Crippen molar-refractivity contribution < 1.29 is 18.3 Å². The van der Waals surface area contributed by atoms with Gasteiger partial charge in [-0.25, -0.2) is 0 Å². The molecule has 2 N–H and O–H groups in total. The van der Waals surface area contributed by atoms with Crippen LogP contribution in [0.1, 0.15) is 36.8 Å². The Morgan fingerprint density at radius 1 is 1.31 bits per heavy atom. The van der Waals surface area contributed by atoms with E-state index in [-0.39, 0.29) is 11.2 Å². The van der Waals surface area contributed by atoms with E-state index in [1.54, 1.807) is 26.3 Å². The molecule has 7 heteroatoms. The lowest BCUT2D eigenvalue weighted by atomic mass is 9.67. The number of alkyl halides is 2. The normalized spacial score (nSPS) is 16.3. The van der Waals surface area contributed by atoms with Crippen LogP contribution in [-0.2, 0) is 11.3 Å². The largest absolute Gasteiger partial charge is 0.434 e. The first-order chi connectivity index (χ1) is 12.5. The molecule has 0 saturated heterocycles. The van der Waals surface area contributed by atoms with E-state index < -0.39 is 6.61 Å². The second-order valence-electron chi connectivity index (χ2n) is 6.87. The zero-order chi connectivity index (χ0) is 19.0. The Bertz CT molecular complexity index is 604. The monoisotopic (exact) mass is 369 g/mol. The fourth-order valence-electron chi connectivity index (χ4n) is 3.24. The van der Waals surface area contributed by atoms with Crippen molar-refractivity contribution in [2.45, 2.75) is 45.8 Å². The van der Waals surface area contributed by atoms with Crippen molar-refractivity contribution in [1.29, 1.82) is 0 Å². The molecule has 0 aromatic heterocycles.